The lowest BCUT2D eigenvalue weighted by atomic mass is 10.00. The summed E-state index contributed by atoms with van der Waals surface area (Å²) in [6.07, 6.45) is -1.62. The molecule has 0 radical (unpaired) electrons. The van der Waals surface area contributed by atoms with Crippen molar-refractivity contribution in [1.82, 2.24) is 0 Å². The van der Waals surface area contributed by atoms with Crippen molar-refractivity contribution >= 4 is 18.2 Å². The summed E-state index contributed by atoms with van der Waals surface area (Å²) in [4.78, 5) is 0. The molecular formula is C34H30F8O3. The Labute approximate surface area is 255 Å². The van der Waals surface area contributed by atoms with Crippen LogP contribution in [0.3, 0.4) is 0 Å². The zero-order valence-electron chi connectivity index (χ0n) is 23.9. The number of unbranched alkanes of at least 4 members (excludes halogenated alkanes) is 1. The number of hydrogen-bond donors (Lipinski definition) is 0. The van der Waals surface area contributed by atoms with Crippen LogP contribution in [0.2, 0.25) is 0 Å². The second-order valence-electron chi connectivity index (χ2n) is 10.4. The Hall–Kier alpha value is -3.96. The van der Waals surface area contributed by atoms with Gasteiger partial charge in [-0.2, -0.15) is 22.0 Å². The summed E-state index contributed by atoms with van der Waals surface area (Å²) in [5.74, 6) is -3.75. The molecule has 1 heterocycles. The summed E-state index contributed by atoms with van der Waals surface area (Å²) in [7, 11) is 0. The maximum atomic E-state index is 14.9. The molecule has 45 heavy (non-hydrogen) atoms. The number of hydrogen-bond acceptors (Lipinski definition) is 3. The third kappa shape index (κ3) is 9.76. The van der Waals surface area contributed by atoms with Crippen LogP contribution in [0.5, 0.6) is 5.75 Å². The predicted octanol–water partition coefficient (Wildman–Crippen LogP) is 10.2. The van der Waals surface area contributed by atoms with E-state index in [0.717, 1.165) is 61.2 Å². The van der Waals surface area contributed by atoms with Gasteiger partial charge in [0.15, 0.2) is 0 Å². The Balaban J connectivity index is 1.36. The minimum absolute atomic E-state index is 0.00409. The van der Waals surface area contributed by atoms with Gasteiger partial charge < -0.3 is 14.2 Å². The molecule has 1 saturated heterocycles. The van der Waals surface area contributed by atoms with Crippen LogP contribution in [0, 0.1) is 17.5 Å². The van der Waals surface area contributed by atoms with Crippen LogP contribution in [0.4, 0.5) is 35.1 Å². The van der Waals surface area contributed by atoms with E-state index in [0.29, 0.717) is 25.7 Å². The first kappa shape index (κ1) is 33.9. The van der Waals surface area contributed by atoms with Crippen molar-refractivity contribution < 1.29 is 49.3 Å². The van der Waals surface area contributed by atoms with Crippen molar-refractivity contribution in [1.29, 1.82) is 0 Å². The van der Waals surface area contributed by atoms with E-state index < -0.39 is 40.9 Å². The van der Waals surface area contributed by atoms with Gasteiger partial charge >= 0.3 is 12.3 Å². The SMILES string of the molecule is C=CCCCOC1CCC(c2ccc(OC(F)(F)c3ccc(/C=C/c4cc(F)c(/C=C/C(F)(F)F)c(F)c4)c(F)c3)cc2)OC1. The van der Waals surface area contributed by atoms with Gasteiger partial charge in [0.1, 0.15) is 23.2 Å². The number of benzene rings is 3. The van der Waals surface area contributed by atoms with Crippen molar-refractivity contribution in [3.05, 3.63) is 119 Å². The Kier molecular flexibility index (Phi) is 11.2. The minimum atomic E-state index is -4.76. The summed E-state index contributed by atoms with van der Waals surface area (Å²) >= 11 is 0. The van der Waals surface area contributed by atoms with E-state index in [4.69, 9.17) is 14.2 Å². The molecule has 1 aliphatic heterocycles. The number of rotatable bonds is 12. The first-order valence-electron chi connectivity index (χ1n) is 14.1. The van der Waals surface area contributed by atoms with Gasteiger partial charge in [0.05, 0.1) is 24.4 Å². The average Bonchev–Trinajstić information content (AvgIpc) is 2.98. The number of ether oxygens (including phenoxy) is 3. The lowest BCUT2D eigenvalue weighted by Crippen LogP contribution is -2.28. The molecule has 0 amide bonds. The third-order valence-corrected chi connectivity index (χ3v) is 6.97. The molecule has 3 aromatic rings. The van der Waals surface area contributed by atoms with Crippen LogP contribution in [0.1, 0.15) is 59.6 Å². The largest absolute Gasteiger partial charge is 0.429 e. The lowest BCUT2D eigenvalue weighted by molar-refractivity contribution is -0.185. The summed E-state index contributed by atoms with van der Waals surface area (Å²) in [6.45, 7) is 4.73. The monoisotopic (exact) mass is 638 g/mol. The Morgan fingerprint density at radius 1 is 0.844 bits per heavy atom. The second kappa shape index (κ2) is 14.9. The fourth-order valence-electron chi connectivity index (χ4n) is 4.62. The van der Waals surface area contributed by atoms with Gasteiger partial charge in [-0.3, -0.25) is 0 Å². The molecule has 240 valence electrons. The normalized spacial score (nSPS) is 17.7. The minimum Gasteiger partial charge on any atom is -0.429 e. The highest BCUT2D eigenvalue weighted by Crippen LogP contribution is 2.35. The van der Waals surface area contributed by atoms with E-state index in [2.05, 4.69) is 6.58 Å². The van der Waals surface area contributed by atoms with Crippen LogP contribution in [-0.4, -0.2) is 25.5 Å². The van der Waals surface area contributed by atoms with E-state index in [-0.39, 0.29) is 41.2 Å². The van der Waals surface area contributed by atoms with Crippen molar-refractivity contribution in [2.75, 3.05) is 13.2 Å². The Morgan fingerprint density at radius 2 is 1.56 bits per heavy atom. The van der Waals surface area contributed by atoms with Gasteiger partial charge in [-0.25, -0.2) is 13.2 Å². The van der Waals surface area contributed by atoms with Crippen molar-refractivity contribution in [3.8, 4) is 5.75 Å². The molecule has 11 heteroatoms. The maximum Gasteiger partial charge on any atom is 0.426 e. The molecule has 2 unspecified atom stereocenters. The highest BCUT2D eigenvalue weighted by atomic mass is 19.4. The summed E-state index contributed by atoms with van der Waals surface area (Å²) in [5.41, 5.74) is -1.18. The van der Waals surface area contributed by atoms with Gasteiger partial charge in [-0.05, 0) is 79.3 Å². The van der Waals surface area contributed by atoms with Gasteiger partial charge in [0.25, 0.3) is 0 Å². The molecule has 3 aromatic carbocycles. The smallest absolute Gasteiger partial charge is 0.426 e. The van der Waals surface area contributed by atoms with Gasteiger partial charge in [-0.1, -0.05) is 36.4 Å². The molecule has 0 aromatic heterocycles. The fraction of sp³-hybridized carbons (Fsp3) is 0.294. The number of alkyl halides is 5. The van der Waals surface area contributed by atoms with Crippen LogP contribution >= 0.6 is 0 Å². The maximum absolute atomic E-state index is 14.9. The van der Waals surface area contributed by atoms with Gasteiger partial charge in [0.2, 0.25) is 0 Å². The molecular weight excluding hydrogens is 608 g/mol. The average molecular weight is 639 g/mol. The molecule has 1 fully saturated rings. The lowest BCUT2D eigenvalue weighted by Gasteiger charge is -2.29. The van der Waals surface area contributed by atoms with Crippen molar-refractivity contribution in [3.63, 3.8) is 0 Å². The molecule has 2 atom stereocenters. The predicted molar refractivity (Wildman–Crippen MR) is 155 cm³/mol. The quantitative estimate of drug-likeness (QED) is 0.0856. The highest BCUT2D eigenvalue weighted by Gasteiger charge is 2.35. The summed E-state index contributed by atoms with van der Waals surface area (Å²) in [6, 6.07) is 10.1. The van der Waals surface area contributed by atoms with E-state index in [9.17, 15) is 35.1 Å². The van der Waals surface area contributed by atoms with Crippen LogP contribution in [-0.2, 0) is 15.6 Å². The molecule has 1 aliphatic rings. The molecule has 3 nitrogen and oxygen atoms in total. The molecule has 0 aliphatic carbocycles. The van der Waals surface area contributed by atoms with E-state index in [1.807, 2.05) is 6.08 Å². The standard InChI is InChI=1S/C34H30F8O3/c1-2-3-4-17-43-27-13-14-32(44-21-27)24-8-11-26(12-9-24)45-34(41,42)25-10-7-23(29(35)20-25)6-5-22-18-30(36)28(31(37)19-22)15-16-33(38,39)40/h2,5-12,15-16,18-20,27,32H,1,3-4,13-14,17,21H2/b6-5+,16-15+. The summed E-state index contributed by atoms with van der Waals surface area (Å²) in [5, 5.41) is 0. The van der Waals surface area contributed by atoms with Gasteiger partial charge in [0, 0.05) is 23.8 Å². The topological polar surface area (TPSA) is 27.7 Å². The van der Waals surface area contributed by atoms with Crippen LogP contribution in [0.15, 0.2) is 73.3 Å². The van der Waals surface area contributed by atoms with E-state index in [1.165, 1.54) is 12.1 Å². The first-order chi connectivity index (χ1) is 21.3. The Morgan fingerprint density at radius 3 is 2.16 bits per heavy atom. The summed E-state index contributed by atoms with van der Waals surface area (Å²) < 4.78 is 126. The van der Waals surface area contributed by atoms with Crippen molar-refractivity contribution in [2.45, 2.75) is 50.2 Å². The zero-order chi connectivity index (χ0) is 32.6. The molecule has 0 N–H and O–H groups in total. The number of halogens is 8. The molecule has 0 saturated carbocycles. The highest BCUT2D eigenvalue weighted by molar-refractivity contribution is 5.71. The first-order valence-corrected chi connectivity index (χ1v) is 14.1. The third-order valence-electron chi connectivity index (χ3n) is 6.97. The zero-order valence-corrected chi connectivity index (χ0v) is 23.9. The molecule has 0 bridgehead atoms. The van der Waals surface area contributed by atoms with E-state index >= 15 is 0 Å². The molecule has 0 spiro atoms. The van der Waals surface area contributed by atoms with Crippen LogP contribution < -0.4 is 4.74 Å². The Bertz CT molecular complexity index is 1480. The van der Waals surface area contributed by atoms with E-state index in [1.54, 1.807) is 12.1 Å². The molecule has 4 rings (SSSR count). The fourth-order valence-corrected chi connectivity index (χ4v) is 4.62. The van der Waals surface area contributed by atoms with Crippen LogP contribution in [0.25, 0.3) is 18.2 Å². The number of allylic oxidation sites excluding steroid dienone is 2. The second-order valence-corrected chi connectivity index (χ2v) is 10.4. The van der Waals surface area contributed by atoms with Crippen molar-refractivity contribution in [2.24, 2.45) is 0 Å². The van der Waals surface area contributed by atoms with Gasteiger partial charge in [-0.15, -0.1) is 6.58 Å².